The lowest BCUT2D eigenvalue weighted by atomic mass is 10.1. The minimum absolute atomic E-state index is 0.00516. The first-order chi connectivity index (χ1) is 7.88. The van der Waals surface area contributed by atoms with Gasteiger partial charge < -0.3 is 15.2 Å². The van der Waals surface area contributed by atoms with E-state index in [0.29, 0.717) is 6.54 Å². The Morgan fingerprint density at radius 2 is 2.00 bits per heavy atom. The Bertz CT molecular complexity index is 344. The Kier molecular flexibility index (Phi) is 4.97. The molecule has 0 aliphatic heterocycles. The monoisotopic (exact) mass is 236 g/mol. The van der Waals surface area contributed by atoms with Gasteiger partial charge in [-0.05, 0) is 39.3 Å². The van der Waals surface area contributed by atoms with E-state index in [1.807, 2.05) is 24.3 Å². The number of β-amino-alcohol motifs (C(OH)–C–C–N with tert-alkyl or cyclic N) is 1. The van der Waals surface area contributed by atoms with Crippen LogP contribution in [-0.2, 0) is 0 Å². The van der Waals surface area contributed by atoms with Gasteiger partial charge in [0.05, 0.1) is 0 Å². The first kappa shape index (κ1) is 14.0. The average Bonchev–Trinajstić information content (AvgIpc) is 2.24. The number of rotatable bonds is 5. The minimum Gasteiger partial charge on any atom is -0.491 e. The van der Waals surface area contributed by atoms with Gasteiger partial charge in [-0.3, -0.25) is 0 Å². The van der Waals surface area contributed by atoms with Crippen molar-refractivity contribution in [2.45, 2.75) is 32.4 Å². The van der Waals surface area contributed by atoms with Crippen molar-refractivity contribution < 1.29 is 9.84 Å². The molecule has 3 heteroatoms. The standard InChI is InChI=1S/C14H22NO2/c1-11-7-5-6-8-13(11)17-10-12(16)9-15-14(2,3)4/h5-8,12,15-16H,1,9-10H2,2-4H3. The van der Waals surface area contributed by atoms with E-state index in [4.69, 9.17) is 4.74 Å². The second-order valence-electron chi connectivity index (χ2n) is 5.20. The average molecular weight is 236 g/mol. The largest absolute Gasteiger partial charge is 0.491 e. The summed E-state index contributed by atoms with van der Waals surface area (Å²) in [6.07, 6.45) is -0.520. The van der Waals surface area contributed by atoms with Gasteiger partial charge in [0.2, 0.25) is 0 Å². The number of benzene rings is 1. The van der Waals surface area contributed by atoms with Gasteiger partial charge in [-0.15, -0.1) is 0 Å². The number of para-hydroxylation sites is 1. The summed E-state index contributed by atoms with van der Waals surface area (Å²) in [4.78, 5) is 0. The van der Waals surface area contributed by atoms with Crippen molar-refractivity contribution in [3.05, 3.63) is 36.8 Å². The topological polar surface area (TPSA) is 41.5 Å². The molecule has 0 aromatic heterocycles. The first-order valence-electron chi connectivity index (χ1n) is 5.85. The van der Waals surface area contributed by atoms with Crippen molar-refractivity contribution in [2.75, 3.05) is 13.2 Å². The van der Waals surface area contributed by atoms with Crippen LogP contribution in [0.5, 0.6) is 5.75 Å². The SMILES string of the molecule is [CH2]c1ccccc1OCC(O)CNC(C)(C)C. The van der Waals surface area contributed by atoms with Crippen molar-refractivity contribution in [3.8, 4) is 5.75 Å². The molecule has 0 saturated heterocycles. The van der Waals surface area contributed by atoms with E-state index in [1.54, 1.807) is 0 Å². The number of hydrogen-bond acceptors (Lipinski definition) is 3. The first-order valence-corrected chi connectivity index (χ1v) is 5.85. The molecular formula is C14H22NO2. The lowest BCUT2D eigenvalue weighted by molar-refractivity contribution is 0.0999. The molecule has 1 aromatic rings. The summed E-state index contributed by atoms with van der Waals surface area (Å²) in [7, 11) is 0. The van der Waals surface area contributed by atoms with Crippen molar-refractivity contribution in [1.29, 1.82) is 0 Å². The van der Waals surface area contributed by atoms with Gasteiger partial charge in [-0.2, -0.15) is 0 Å². The molecule has 95 valence electrons. The van der Waals surface area contributed by atoms with E-state index < -0.39 is 6.10 Å². The quantitative estimate of drug-likeness (QED) is 0.821. The Balaban J connectivity index is 2.34. The van der Waals surface area contributed by atoms with Gasteiger partial charge in [0.1, 0.15) is 18.5 Å². The van der Waals surface area contributed by atoms with Crippen LogP contribution < -0.4 is 10.1 Å². The zero-order valence-electron chi connectivity index (χ0n) is 10.9. The Morgan fingerprint density at radius 1 is 1.35 bits per heavy atom. The maximum Gasteiger partial charge on any atom is 0.122 e. The second-order valence-corrected chi connectivity index (χ2v) is 5.20. The van der Waals surface area contributed by atoms with Crippen LogP contribution in [0.4, 0.5) is 0 Å². The maximum absolute atomic E-state index is 9.76. The third kappa shape index (κ3) is 5.71. The van der Waals surface area contributed by atoms with Crippen LogP contribution in [0.25, 0.3) is 0 Å². The van der Waals surface area contributed by atoms with Gasteiger partial charge in [0.25, 0.3) is 0 Å². The fraction of sp³-hybridized carbons (Fsp3) is 0.500. The summed E-state index contributed by atoms with van der Waals surface area (Å²) in [5.41, 5.74) is 0.842. The molecule has 1 radical (unpaired) electrons. The van der Waals surface area contributed by atoms with Gasteiger partial charge in [-0.25, -0.2) is 0 Å². The van der Waals surface area contributed by atoms with E-state index in [9.17, 15) is 5.11 Å². The van der Waals surface area contributed by atoms with Crippen LogP contribution >= 0.6 is 0 Å². The van der Waals surface area contributed by atoms with E-state index in [1.165, 1.54) is 0 Å². The molecule has 1 atom stereocenters. The Hall–Kier alpha value is -1.06. The summed E-state index contributed by atoms with van der Waals surface area (Å²) < 4.78 is 5.51. The van der Waals surface area contributed by atoms with Crippen molar-refractivity contribution in [2.24, 2.45) is 0 Å². The maximum atomic E-state index is 9.76. The predicted molar refractivity (Wildman–Crippen MR) is 70.2 cm³/mol. The summed E-state index contributed by atoms with van der Waals surface area (Å²) in [5, 5.41) is 13.0. The zero-order chi connectivity index (χ0) is 12.9. The van der Waals surface area contributed by atoms with Crippen molar-refractivity contribution in [1.82, 2.24) is 5.32 Å². The highest BCUT2D eigenvalue weighted by Crippen LogP contribution is 2.16. The van der Waals surface area contributed by atoms with Gasteiger partial charge in [-0.1, -0.05) is 18.2 Å². The molecular weight excluding hydrogens is 214 g/mol. The summed E-state index contributed by atoms with van der Waals surface area (Å²) in [6, 6.07) is 7.54. The second kappa shape index (κ2) is 6.03. The number of aliphatic hydroxyl groups excluding tert-OH is 1. The lowest BCUT2D eigenvalue weighted by Gasteiger charge is -2.23. The molecule has 17 heavy (non-hydrogen) atoms. The van der Waals surface area contributed by atoms with E-state index >= 15 is 0 Å². The van der Waals surface area contributed by atoms with Crippen molar-refractivity contribution in [3.63, 3.8) is 0 Å². The highest BCUT2D eigenvalue weighted by Gasteiger charge is 2.12. The van der Waals surface area contributed by atoms with Crippen molar-refractivity contribution >= 4 is 0 Å². The van der Waals surface area contributed by atoms with Gasteiger partial charge in [0, 0.05) is 12.1 Å². The number of ether oxygens (including phenoxy) is 1. The molecule has 0 amide bonds. The van der Waals surface area contributed by atoms with Crippen LogP contribution in [0.15, 0.2) is 24.3 Å². The smallest absolute Gasteiger partial charge is 0.122 e. The van der Waals surface area contributed by atoms with Crippen LogP contribution in [-0.4, -0.2) is 29.9 Å². The summed E-state index contributed by atoms with van der Waals surface area (Å²) in [5.74, 6) is 0.724. The third-order valence-electron chi connectivity index (χ3n) is 2.27. The van der Waals surface area contributed by atoms with Gasteiger partial charge in [0.15, 0.2) is 0 Å². The van der Waals surface area contributed by atoms with E-state index in [2.05, 4.69) is 33.0 Å². The lowest BCUT2D eigenvalue weighted by Crippen LogP contribution is -2.42. The number of nitrogens with one attached hydrogen (secondary N) is 1. The molecule has 1 rings (SSSR count). The third-order valence-corrected chi connectivity index (χ3v) is 2.27. The zero-order valence-corrected chi connectivity index (χ0v) is 10.9. The summed E-state index contributed by atoms with van der Waals surface area (Å²) >= 11 is 0. The fourth-order valence-electron chi connectivity index (χ4n) is 1.31. The molecule has 3 nitrogen and oxygen atoms in total. The molecule has 1 unspecified atom stereocenters. The van der Waals surface area contributed by atoms with Crippen LogP contribution in [0.1, 0.15) is 26.3 Å². The molecule has 1 aromatic carbocycles. The molecule has 0 spiro atoms. The molecule has 0 bridgehead atoms. The van der Waals surface area contributed by atoms with E-state index in [0.717, 1.165) is 11.3 Å². The molecule has 2 N–H and O–H groups in total. The van der Waals surface area contributed by atoms with Crippen LogP contribution in [0.2, 0.25) is 0 Å². The molecule has 0 aliphatic rings. The predicted octanol–water partition coefficient (Wildman–Crippen LogP) is 2.00. The number of hydrogen-bond donors (Lipinski definition) is 2. The van der Waals surface area contributed by atoms with Crippen LogP contribution in [0.3, 0.4) is 0 Å². The number of aliphatic hydroxyl groups is 1. The molecule has 0 aliphatic carbocycles. The van der Waals surface area contributed by atoms with Gasteiger partial charge >= 0.3 is 0 Å². The Morgan fingerprint density at radius 3 is 2.59 bits per heavy atom. The van der Waals surface area contributed by atoms with Crippen LogP contribution in [0, 0.1) is 6.92 Å². The minimum atomic E-state index is -0.520. The highest BCUT2D eigenvalue weighted by atomic mass is 16.5. The molecule has 0 fully saturated rings. The Labute approximate surface area is 104 Å². The summed E-state index contributed by atoms with van der Waals surface area (Å²) in [6.45, 7) is 10.8. The highest BCUT2D eigenvalue weighted by molar-refractivity contribution is 5.35. The van der Waals surface area contributed by atoms with E-state index in [-0.39, 0.29) is 12.1 Å². The molecule has 0 saturated carbocycles. The fourth-order valence-corrected chi connectivity index (χ4v) is 1.31. The molecule has 0 heterocycles. The normalized spacial score (nSPS) is 13.5.